The van der Waals surface area contributed by atoms with Crippen LogP contribution < -0.4 is 9.47 Å². The number of aryl methyl sites for hydroxylation is 2. The first-order valence-electron chi connectivity index (χ1n) is 14.7. The van der Waals surface area contributed by atoms with Crippen molar-refractivity contribution < 1.29 is 23.8 Å². The van der Waals surface area contributed by atoms with Gasteiger partial charge in [-0.15, -0.1) is 11.3 Å². The number of rotatable bonds is 10. The third kappa shape index (κ3) is 6.10. The fourth-order valence-corrected chi connectivity index (χ4v) is 7.15. The van der Waals surface area contributed by atoms with E-state index in [2.05, 4.69) is 10.1 Å². The van der Waals surface area contributed by atoms with Gasteiger partial charge in [0.25, 0.3) is 5.91 Å². The fourth-order valence-electron chi connectivity index (χ4n) is 5.76. The summed E-state index contributed by atoms with van der Waals surface area (Å²) < 4.78 is 18.6. The number of esters is 1. The molecule has 0 fully saturated rings. The molecule has 4 heterocycles. The predicted molar refractivity (Wildman–Crippen MR) is 172 cm³/mol. The number of thiophene rings is 1. The lowest BCUT2D eigenvalue weighted by Crippen LogP contribution is -2.35. The van der Waals surface area contributed by atoms with Crippen LogP contribution in [0.25, 0.3) is 21.3 Å². The first-order valence-corrected chi connectivity index (χ1v) is 15.8. The minimum Gasteiger partial charge on any atom is -0.493 e. The highest BCUT2D eigenvalue weighted by Crippen LogP contribution is 2.45. The first kappa shape index (κ1) is 30.5. The molecule has 0 saturated heterocycles. The smallest absolute Gasteiger partial charge is 0.340 e. The number of hydrogen-bond acceptors (Lipinski definition) is 9. The van der Waals surface area contributed by atoms with Crippen molar-refractivity contribution in [2.45, 2.75) is 39.3 Å². The lowest BCUT2D eigenvalue weighted by molar-refractivity contribution is 0.0525. The van der Waals surface area contributed by atoms with E-state index in [1.165, 1.54) is 6.33 Å². The normalized spacial score (nSPS) is 12.7. The first-order chi connectivity index (χ1) is 21.9. The van der Waals surface area contributed by atoms with E-state index < -0.39 is 5.97 Å². The van der Waals surface area contributed by atoms with Crippen LogP contribution in [0.2, 0.25) is 5.02 Å². The van der Waals surface area contributed by atoms with Crippen LogP contribution in [0.15, 0.2) is 55.1 Å². The van der Waals surface area contributed by atoms with E-state index in [9.17, 15) is 9.59 Å². The van der Waals surface area contributed by atoms with Crippen molar-refractivity contribution in [2.24, 2.45) is 0 Å². The van der Waals surface area contributed by atoms with Gasteiger partial charge in [-0.2, -0.15) is 5.10 Å². The molecule has 0 aliphatic carbocycles. The number of amides is 1. The molecular formula is C33H32ClN5O5S. The van der Waals surface area contributed by atoms with Crippen LogP contribution in [0.1, 0.15) is 50.2 Å². The SMILES string of the molecule is CCOC(=O)c1c(CCCn2cncn2)nc2sc3c(c2c1-c1ccc(OC)c(OC)c1)CCN(C(=O)c1ccc(Cl)cc1)C3. The van der Waals surface area contributed by atoms with Crippen LogP contribution >= 0.6 is 22.9 Å². The van der Waals surface area contributed by atoms with E-state index in [-0.39, 0.29) is 12.5 Å². The van der Waals surface area contributed by atoms with Crippen molar-refractivity contribution >= 4 is 45.0 Å². The number of aromatic nitrogens is 4. The van der Waals surface area contributed by atoms with Gasteiger partial charge in [-0.3, -0.25) is 9.48 Å². The third-order valence-corrected chi connectivity index (χ3v) is 9.22. The molecule has 0 spiro atoms. The number of nitrogens with zero attached hydrogens (tertiary/aromatic N) is 5. The Morgan fingerprint density at radius 2 is 1.87 bits per heavy atom. The van der Waals surface area contributed by atoms with Gasteiger partial charge >= 0.3 is 5.97 Å². The number of carbonyl (C=O) groups is 2. The zero-order valence-electron chi connectivity index (χ0n) is 25.2. The quantitative estimate of drug-likeness (QED) is 0.164. The second-order valence-corrected chi connectivity index (χ2v) is 12.0. The Kier molecular flexibility index (Phi) is 8.99. The Labute approximate surface area is 269 Å². The van der Waals surface area contributed by atoms with Crippen molar-refractivity contribution in [3.8, 4) is 22.6 Å². The molecule has 0 bridgehead atoms. The Morgan fingerprint density at radius 3 is 2.58 bits per heavy atom. The molecule has 232 valence electrons. The monoisotopic (exact) mass is 645 g/mol. The number of hydrogen-bond donors (Lipinski definition) is 0. The minimum absolute atomic E-state index is 0.0520. The van der Waals surface area contributed by atoms with Crippen LogP contribution in [0.5, 0.6) is 11.5 Å². The Hall–Kier alpha value is -4.48. The molecule has 2 aromatic carbocycles. The van der Waals surface area contributed by atoms with E-state index in [1.807, 2.05) is 23.1 Å². The highest BCUT2D eigenvalue weighted by Gasteiger charge is 2.31. The number of ether oxygens (including phenoxy) is 3. The standard InChI is InChI=1S/C33H32ClN5O5S/c1-4-44-33(41)30-24(6-5-14-39-19-35-18-36-39)37-31-29(28(30)21-9-12-25(42-2)26(16-21)43-3)23-13-15-38(17-27(23)45-31)32(40)20-7-10-22(34)11-8-20/h7-12,16,18-19H,4-6,13-15,17H2,1-3H3. The molecule has 0 atom stereocenters. The van der Waals surface area contributed by atoms with E-state index in [0.717, 1.165) is 31.8 Å². The van der Waals surface area contributed by atoms with Crippen LogP contribution in [0.4, 0.5) is 0 Å². The maximum Gasteiger partial charge on any atom is 0.340 e. The topological polar surface area (TPSA) is 109 Å². The molecule has 5 aromatic rings. The largest absolute Gasteiger partial charge is 0.493 e. The Bertz CT molecular complexity index is 1860. The van der Waals surface area contributed by atoms with Crippen LogP contribution in [0.3, 0.4) is 0 Å². The van der Waals surface area contributed by atoms with Crippen LogP contribution in [-0.4, -0.2) is 63.9 Å². The van der Waals surface area contributed by atoms with Crippen molar-refractivity contribution in [1.82, 2.24) is 24.6 Å². The van der Waals surface area contributed by atoms with Crippen LogP contribution in [0, 0.1) is 0 Å². The number of halogens is 1. The molecule has 10 nitrogen and oxygen atoms in total. The summed E-state index contributed by atoms with van der Waals surface area (Å²) in [6.07, 6.45) is 5.00. The van der Waals surface area contributed by atoms with Gasteiger partial charge in [-0.05, 0) is 73.7 Å². The molecular weight excluding hydrogens is 614 g/mol. The average molecular weight is 646 g/mol. The molecule has 1 aliphatic rings. The third-order valence-electron chi connectivity index (χ3n) is 7.86. The van der Waals surface area contributed by atoms with Crippen LogP contribution in [-0.2, 0) is 30.7 Å². The van der Waals surface area contributed by atoms with Crippen molar-refractivity contribution in [1.29, 1.82) is 0 Å². The molecule has 0 radical (unpaired) electrons. The number of fused-ring (bicyclic) bond motifs is 3. The number of benzene rings is 2. The van der Waals surface area contributed by atoms with Crippen molar-refractivity contribution in [2.75, 3.05) is 27.4 Å². The molecule has 0 unspecified atom stereocenters. The molecule has 3 aromatic heterocycles. The van der Waals surface area contributed by atoms with Gasteiger partial charge in [0, 0.05) is 39.5 Å². The molecule has 1 aliphatic heterocycles. The van der Waals surface area contributed by atoms with Crippen molar-refractivity contribution in [3.63, 3.8) is 0 Å². The van der Waals surface area contributed by atoms with E-state index in [1.54, 1.807) is 67.8 Å². The minimum atomic E-state index is -0.428. The summed E-state index contributed by atoms with van der Waals surface area (Å²) in [4.78, 5) is 40.0. The summed E-state index contributed by atoms with van der Waals surface area (Å²) in [6.45, 7) is 3.61. The van der Waals surface area contributed by atoms with Gasteiger partial charge in [-0.25, -0.2) is 14.8 Å². The van der Waals surface area contributed by atoms with E-state index in [4.69, 9.17) is 30.8 Å². The second-order valence-electron chi connectivity index (χ2n) is 10.5. The fraction of sp³-hybridized carbons (Fsp3) is 0.303. The molecule has 0 saturated carbocycles. The van der Waals surface area contributed by atoms with Gasteiger partial charge in [-0.1, -0.05) is 17.7 Å². The van der Waals surface area contributed by atoms with E-state index >= 15 is 0 Å². The number of methoxy groups -OCH3 is 2. The summed E-state index contributed by atoms with van der Waals surface area (Å²) in [6, 6.07) is 12.6. The zero-order valence-corrected chi connectivity index (χ0v) is 26.8. The van der Waals surface area contributed by atoms with Crippen molar-refractivity contribution in [3.05, 3.63) is 87.4 Å². The lowest BCUT2D eigenvalue weighted by Gasteiger charge is -2.27. The Balaban J connectivity index is 1.49. The molecule has 1 amide bonds. The summed E-state index contributed by atoms with van der Waals surface area (Å²) in [5.74, 6) is 0.652. The molecule has 12 heteroatoms. The number of carbonyl (C=O) groups excluding carboxylic acids is 2. The molecule has 45 heavy (non-hydrogen) atoms. The maximum absolute atomic E-state index is 13.8. The lowest BCUT2D eigenvalue weighted by atomic mass is 9.90. The summed E-state index contributed by atoms with van der Waals surface area (Å²) in [5, 5.41) is 5.70. The highest BCUT2D eigenvalue weighted by atomic mass is 35.5. The van der Waals surface area contributed by atoms with Gasteiger partial charge in [0.05, 0.1) is 38.6 Å². The molecule has 6 rings (SSSR count). The van der Waals surface area contributed by atoms with Gasteiger partial charge < -0.3 is 19.1 Å². The average Bonchev–Trinajstić information content (AvgIpc) is 3.71. The molecule has 0 N–H and O–H groups in total. The zero-order chi connectivity index (χ0) is 31.5. The number of pyridine rings is 1. The maximum atomic E-state index is 13.8. The van der Waals surface area contributed by atoms with E-state index in [0.29, 0.717) is 72.2 Å². The highest BCUT2D eigenvalue weighted by molar-refractivity contribution is 7.19. The second kappa shape index (κ2) is 13.3. The van der Waals surface area contributed by atoms with Gasteiger partial charge in [0.2, 0.25) is 0 Å². The summed E-state index contributed by atoms with van der Waals surface area (Å²) in [5.41, 5.74) is 4.32. The Morgan fingerprint density at radius 1 is 1.07 bits per heavy atom. The van der Waals surface area contributed by atoms with Gasteiger partial charge in [0.1, 0.15) is 17.5 Å². The summed E-state index contributed by atoms with van der Waals surface area (Å²) in [7, 11) is 3.18. The predicted octanol–water partition coefficient (Wildman–Crippen LogP) is 6.23. The summed E-state index contributed by atoms with van der Waals surface area (Å²) >= 11 is 7.62. The van der Waals surface area contributed by atoms with Gasteiger partial charge in [0.15, 0.2) is 11.5 Å².